The molecule has 11 heavy (non-hydrogen) atoms. The molecule has 1 aromatic rings. The van der Waals surface area contributed by atoms with Crippen LogP contribution in [0.1, 0.15) is 18.5 Å². The molecule has 1 unspecified atom stereocenters. The normalized spacial score (nSPS) is 12.9. The van der Waals surface area contributed by atoms with Gasteiger partial charge in [-0.05, 0) is 13.0 Å². The van der Waals surface area contributed by atoms with Crippen molar-refractivity contribution in [2.75, 3.05) is 7.05 Å². The molecule has 2 nitrogen and oxygen atoms in total. The Morgan fingerprint density at radius 3 is 2.55 bits per heavy atom. The molecule has 0 aliphatic heterocycles. The van der Waals surface area contributed by atoms with E-state index in [0.29, 0.717) is 5.75 Å². The molecule has 0 aliphatic carbocycles. The topological polar surface area (TPSA) is 34.3 Å². The van der Waals surface area contributed by atoms with Crippen molar-refractivity contribution in [3.63, 3.8) is 0 Å². The monoisotopic (exact) mass is 150 g/mol. The zero-order valence-electron chi connectivity index (χ0n) is 6.78. The van der Waals surface area contributed by atoms with Crippen LogP contribution in [0.5, 0.6) is 5.75 Å². The molecule has 59 valence electrons. The van der Waals surface area contributed by atoms with Gasteiger partial charge in [-0.3, -0.25) is 0 Å². The van der Waals surface area contributed by atoms with Crippen molar-refractivity contribution >= 4 is 0 Å². The van der Waals surface area contributed by atoms with E-state index in [1.807, 2.05) is 19.1 Å². The first-order valence-corrected chi connectivity index (χ1v) is 3.62. The predicted octanol–water partition coefficient (Wildman–Crippen LogP) is 1.69. The Kier molecular flexibility index (Phi) is 2.49. The third-order valence-corrected chi connectivity index (χ3v) is 1.77. The maximum Gasteiger partial charge on any atom is 0.120 e. The molecule has 0 aliphatic rings. The van der Waals surface area contributed by atoms with Gasteiger partial charge in [-0.2, -0.15) is 0 Å². The van der Waals surface area contributed by atoms with E-state index in [4.69, 9.17) is 0 Å². The van der Waals surface area contributed by atoms with Gasteiger partial charge in [-0.25, -0.2) is 5.32 Å². The molecule has 1 rings (SSSR count). The van der Waals surface area contributed by atoms with E-state index in [1.54, 1.807) is 19.2 Å². The highest BCUT2D eigenvalue weighted by Gasteiger charge is 2.06. The van der Waals surface area contributed by atoms with Crippen molar-refractivity contribution < 1.29 is 5.11 Å². The number of aromatic hydroxyl groups is 1. The summed E-state index contributed by atoms with van der Waals surface area (Å²) in [5.74, 6) is 0.325. The predicted molar refractivity (Wildman–Crippen MR) is 44.6 cm³/mol. The summed E-state index contributed by atoms with van der Waals surface area (Å²) in [6.07, 6.45) is 0. The maximum absolute atomic E-state index is 9.35. The molecule has 0 bridgehead atoms. The van der Waals surface area contributed by atoms with E-state index >= 15 is 0 Å². The Balaban J connectivity index is 2.93. The first kappa shape index (κ1) is 8.08. The molecular formula is C9H12NO. The van der Waals surface area contributed by atoms with Gasteiger partial charge in [-0.1, -0.05) is 18.2 Å². The fourth-order valence-corrected chi connectivity index (χ4v) is 0.980. The number of hydrogen-bond donors (Lipinski definition) is 1. The lowest BCUT2D eigenvalue weighted by atomic mass is 10.1. The number of rotatable bonds is 2. The van der Waals surface area contributed by atoms with Crippen molar-refractivity contribution in [3.05, 3.63) is 29.8 Å². The van der Waals surface area contributed by atoms with Crippen molar-refractivity contribution in [1.29, 1.82) is 0 Å². The number of phenolic OH excluding ortho intramolecular Hbond substituents is 1. The highest BCUT2D eigenvalue weighted by molar-refractivity contribution is 5.33. The van der Waals surface area contributed by atoms with E-state index in [0.717, 1.165) is 5.56 Å². The smallest absolute Gasteiger partial charge is 0.120 e. The zero-order chi connectivity index (χ0) is 8.27. The van der Waals surface area contributed by atoms with Crippen molar-refractivity contribution in [3.8, 4) is 5.75 Å². The van der Waals surface area contributed by atoms with Gasteiger partial charge in [0.25, 0.3) is 0 Å². The average Bonchev–Trinajstić information content (AvgIpc) is 2.04. The molecule has 1 N–H and O–H groups in total. The fourth-order valence-electron chi connectivity index (χ4n) is 0.980. The lowest BCUT2D eigenvalue weighted by Crippen LogP contribution is -2.04. The van der Waals surface area contributed by atoms with E-state index in [9.17, 15) is 5.11 Å². The second-order valence-electron chi connectivity index (χ2n) is 2.49. The summed E-state index contributed by atoms with van der Waals surface area (Å²) in [5, 5.41) is 13.4. The summed E-state index contributed by atoms with van der Waals surface area (Å²) in [7, 11) is 1.75. The van der Waals surface area contributed by atoms with E-state index in [2.05, 4.69) is 5.32 Å². The molecule has 0 aromatic heterocycles. The van der Waals surface area contributed by atoms with Crippen LogP contribution >= 0.6 is 0 Å². The maximum atomic E-state index is 9.35. The molecule has 2 heteroatoms. The summed E-state index contributed by atoms with van der Waals surface area (Å²) in [6.45, 7) is 1.95. The summed E-state index contributed by atoms with van der Waals surface area (Å²) >= 11 is 0. The molecule has 0 saturated heterocycles. The highest BCUT2D eigenvalue weighted by atomic mass is 16.3. The number of phenols is 1. The van der Waals surface area contributed by atoms with Crippen LogP contribution in [0.3, 0.4) is 0 Å². The van der Waals surface area contributed by atoms with Crippen molar-refractivity contribution in [1.82, 2.24) is 5.32 Å². The van der Waals surface area contributed by atoms with Gasteiger partial charge in [-0.15, -0.1) is 0 Å². The molecule has 0 spiro atoms. The van der Waals surface area contributed by atoms with Crippen LogP contribution in [0.25, 0.3) is 0 Å². The Bertz CT molecular complexity index is 235. The van der Waals surface area contributed by atoms with Crippen LogP contribution in [-0.2, 0) is 0 Å². The Morgan fingerprint density at radius 2 is 2.00 bits per heavy atom. The summed E-state index contributed by atoms with van der Waals surface area (Å²) in [4.78, 5) is 0. The van der Waals surface area contributed by atoms with Crippen LogP contribution < -0.4 is 5.32 Å². The SMILES string of the molecule is C[N]C(C)c1ccccc1O. The third kappa shape index (κ3) is 1.71. The van der Waals surface area contributed by atoms with Crippen LogP contribution in [0.15, 0.2) is 24.3 Å². The molecule has 0 heterocycles. The molecule has 1 atom stereocenters. The number of benzene rings is 1. The largest absolute Gasteiger partial charge is 0.508 e. The minimum absolute atomic E-state index is 0.0798. The minimum Gasteiger partial charge on any atom is -0.508 e. The standard InChI is InChI=1S/C9H12NO/c1-7(10-2)8-5-3-4-6-9(8)11/h3-7,11H,1-2H3. The second-order valence-corrected chi connectivity index (χ2v) is 2.49. The Labute approximate surface area is 66.9 Å². The van der Waals surface area contributed by atoms with Crippen LogP contribution in [0.2, 0.25) is 0 Å². The van der Waals surface area contributed by atoms with Crippen LogP contribution in [-0.4, -0.2) is 12.2 Å². The van der Waals surface area contributed by atoms with Gasteiger partial charge in [0.15, 0.2) is 0 Å². The molecule has 0 amide bonds. The second kappa shape index (κ2) is 3.39. The molecule has 0 saturated carbocycles. The third-order valence-electron chi connectivity index (χ3n) is 1.77. The Morgan fingerprint density at radius 1 is 1.36 bits per heavy atom. The quantitative estimate of drug-likeness (QED) is 0.684. The Hall–Kier alpha value is -1.02. The summed E-state index contributed by atoms with van der Waals surface area (Å²) < 4.78 is 0. The van der Waals surface area contributed by atoms with Crippen LogP contribution in [0.4, 0.5) is 0 Å². The van der Waals surface area contributed by atoms with Crippen molar-refractivity contribution in [2.45, 2.75) is 13.0 Å². The van der Waals surface area contributed by atoms with Gasteiger partial charge in [0.2, 0.25) is 0 Å². The van der Waals surface area contributed by atoms with Crippen molar-refractivity contribution in [2.24, 2.45) is 0 Å². The first-order chi connectivity index (χ1) is 5.25. The number of nitrogens with zero attached hydrogens (tertiary/aromatic N) is 1. The van der Waals surface area contributed by atoms with Gasteiger partial charge < -0.3 is 5.11 Å². The number of hydrogen-bond acceptors (Lipinski definition) is 1. The average molecular weight is 150 g/mol. The molecule has 0 fully saturated rings. The zero-order valence-corrected chi connectivity index (χ0v) is 6.78. The molecular weight excluding hydrogens is 138 g/mol. The van der Waals surface area contributed by atoms with Gasteiger partial charge >= 0.3 is 0 Å². The van der Waals surface area contributed by atoms with Crippen LogP contribution in [0, 0.1) is 0 Å². The van der Waals surface area contributed by atoms with Gasteiger partial charge in [0, 0.05) is 12.6 Å². The first-order valence-electron chi connectivity index (χ1n) is 3.62. The van der Waals surface area contributed by atoms with Gasteiger partial charge in [0.1, 0.15) is 5.75 Å². The molecule has 1 aromatic carbocycles. The van der Waals surface area contributed by atoms with E-state index in [1.165, 1.54) is 0 Å². The highest BCUT2D eigenvalue weighted by Crippen LogP contribution is 2.22. The van der Waals surface area contributed by atoms with Gasteiger partial charge in [0.05, 0.1) is 6.04 Å². The lowest BCUT2D eigenvalue weighted by molar-refractivity contribution is 0.457. The van der Waals surface area contributed by atoms with E-state index < -0.39 is 0 Å². The lowest BCUT2D eigenvalue weighted by Gasteiger charge is -2.09. The summed E-state index contributed by atoms with van der Waals surface area (Å²) in [6, 6.07) is 7.35. The minimum atomic E-state index is 0.0798. The number of para-hydroxylation sites is 1. The fraction of sp³-hybridized carbons (Fsp3) is 0.333. The summed E-state index contributed by atoms with van der Waals surface area (Å²) in [5.41, 5.74) is 0.884. The molecule has 1 radical (unpaired) electrons. The van der Waals surface area contributed by atoms with E-state index in [-0.39, 0.29) is 6.04 Å².